The standard InChI is InChI=1S/C14H22N2O3/c1-10(9-19-2)7-14(18)16-8-13(17)11-3-5-12(15)6-4-11/h3-6,10,13,17H,7-9,15H2,1-2H3,(H,16,18). The molecule has 19 heavy (non-hydrogen) atoms. The van der Waals surface area contributed by atoms with E-state index in [0.29, 0.717) is 18.7 Å². The minimum Gasteiger partial charge on any atom is -0.399 e. The van der Waals surface area contributed by atoms with E-state index in [4.69, 9.17) is 10.5 Å². The summed E-state index contributed by atoms with van der Waals surface area (Å²) in [7, 11) is 1.61. The van der Waals surface area contributed by atoms with Gasteiger partial charge >= 0.3 is 0 Å². The highest BCUT2D eigenvalue weighted by molar-refractivity contribution is 5.76. The van der Waals surface area contributed by atoms with Gasteiger partial charge in [0.15, 0.2) is 0 Å². The van der Waals surface area contributed by atoms with Crippen LogP contribution in [0, 0.1) is 5.92 Å². The molecule has 1 amide bonds. The molecule has 0 spiro atoms. The summed E-state index contributed by atoms with van der Waals surface area (Å²) in [6.07, 6.45) is -0.329. The highest BCUT2D eigenvalue weighted by Gasteiger charge is 2.12. The van der Waals surface area contributed by atoms with Crippen molar-refractivity contribution < 1.29 is 14.6 Å². The molecule has 0 aliphatic heterocycles. The Balaban J connectivity index is 2.35. The van der Waals surface area contributed by atoms with Crippen molar-refractivity contribution in [3.63, 3.8) is 0 Å². The number of rotatable bonds is 7. The minimum atomic E-state index is -0.720. The van der Waals surface area contributed by atoms with E-state index < -0.39 is 6.10 Å². The summed E-state index contributed by atoms with van der Waals surface area (Å²) in [6.45, 7) is 2.69. The smallest absolute Gasteiger partial charge is 0.220 e. The second kappa shape index (κ2) is 7.76. The second-order valence-corrected chi connectivity index (χ2v) is 4.75. The molecule has 0 fully saturated rings. The van der Waals surface area contributed by atoms with E-state index in [1.165, 1.54) is 0 Å². The molecule has 0 aliphatic carbocycles. The van der Waals surface area contributed by atoms with Gasteiger partial charge in [-0.15, -0.1) is 0 Å². The molecule has 0 aliphatic rings. The summed E-state index contributed by atoms with van der Waals surface area (Å²) in [6, 6.07) is 6.95. The van der Waals surface area contributed by atoms with Gasteiger partial charge in [-0.05, 0) is 23.6 Å². The maximum Gasteiger partial charge on any atom is 0.220 e. The molecule has 0 bridgehead atoms. The van der Waals surface area contributed by atoms with Gasteiger partial charge < -0.3 is 20.9 Å². The molecule has 0 saturated carbocycles. The number of nitrogen functional groups attached to an aromatic ring is 1. The van der Waals surface area contributed by atoms with E-state index in [0.717, 1.165) is 5.56 Å². The molecule has 0 heterocycles. The van der Waals surface area contributed by atoms with E-state index in [9.17, 15) is 9.90 Å². The SMILES string of the molecule is COCC(C)CC(=O)NCC(O)c1ccc(N)cc1. The van der Waals surface area contributed by atoms with Gasteiger partial charge in [-0.3, -0.25) is 4.79 Å². The third-order valence-corrected chi connectivity index (χ3v) is 2.80. The lowest BCUT2D eigenvalue weighted by Gasteiger charge is -2.14. The molecule has 2 atom stereocenters. The van der Waals surface area contributed by atoms with Crippen LogP contribution in [0.3, 0.4) is 0 Å². The Morgan fingerprint density at radius 2 is 2.05 bits per heavy atom. The third-order valence-electron chi connectivity index (χ3n) is 2.80. The van der Waals surface area contributed by atoms with Gasteiger partial charge in [0, 0.05) is 32.4 Å². The van der Waals surface area contributed by atoms with Gasteiger partial charge in [0.25, 0.3) is 0 Å². The fourth-order valence-electron chi connectivity index (χ4n) is 1.78. The van der Waals surface area contributed by atoms with Crippen molar-refractivity contribution in [2.45, 2.75) is 19.4 Å². The zero-order valence-corrected chi connectivity index (χ0v) is 11.4. The van der Waals surface area contributed by atoms with Crippen molar-refractivity contribution in [3.8, 4) is 0 Å². The number of ether oxygens (including phenoxy) is 1. The highest BCUT2D eigenvalue weighted by atomic mass is 16.5. The van der Waals surface area contributed by atoms with Gasteiger partial charge in [0.1, 0.15) is 0 Å². The predicted octanol–water partition coefficient (Wildman–Crippen LogP) is 1.09. The fourth-order valence-corrected chi connectivity index (χ4v) is 1.78. The largest absolute Gasteiger partial charge is 0.399 e. The van der Waals surface area contributed by atoms with Gasteiger partial charge in [-0.25, -0.2) is 0 Å². The number of amides is 1. The molecular formula is C14H22N2O3. The monoisotopic (exact) mass is 266 g/mol. The van der Waals surface area contributed by atoms with Crippen molar-refractivity contribution in [3.05, 3.63) is 29.8 Å². The number of nitrogens with two attached hydrogens (primary N) is 1. The molecule has 1 aromatic rings. The molecule has 1 rings (SSSR count). The summed E-state index contributed by atoms with van der Waals surface area (Å²) < 4.78 is 4.97. The average Bonchev–Trinajstić information content (AvgIpc) is 2.37. The van der Waals surface area contributed by atoms with E-state index in [-0.39, 0.29) is 18.4 Å². The normalized spacial score (nSPS) is 13.8. The lowest BCUT2D eigenvalue weighted by atomic mass is 10.1. The van der Waals surface area contributed by atoms with Crippen LogP contribution >= 0.6 is 0 Å². The number of hydrogen-bond donors (Lipinski definition) is 3. The van der Waals surface area contributed by atoms with Crippen molar-refractivity contribution in [2.24, 2.45) is 5.92 Å². The molecule has 4 N–H and O–H groups in total. The number of benzene rings is 1. The summed E-state index contributed by atoms with van der Waals surface area (Å²) >= 11 is 0. The number of carbonyl (C=O) groups excluding carboxylic acids is 1. The van der Waals surface area contributed by atoms with Gasteiger partial charge in [0.05, 0.1) is 6.10 Å². The Kier molecular flexibility index (Phi) is 6.32. The first-order chi connectivity index (χ1) is 9.02. The average molecular weight is 266 g/mol. The third kappa shape index (κ3) is 5.72. The lowest BCUT2D eigenvalue weighted by molar-refractivity contribution is -0.122. The molecule has 0 aromatic heterocycles. The van der Waals surface area contributed by atoms with Crippen LogP contribution < -0.4 is 11.1 Å². The van der Waals surface area contributed by atoms with Crippen LogP contribution in [0.4, 0.5) is 5.69 Å². The molecular weight excluding hydrogens is 244 g/mol. The number of aliphatic hydroxyl groups is 1. The Labute approximate surface area is 113 Å². The Morgan fingerprint density at radius 3 is 2.63 bits per heavy atom. The Hall–Kier alpha value is -1.59. The van der Waals surface area contributed by atoms with E-state index in [1.54, 1.807) is 31.4 Å². The second-order valence-electron chi connectivity index (χ2n) is 4.75. The number of aliphatic hydroxyl groups excluding tert-OH is 1. The van der Waals surface area contributed by atoms with Crippen LogP contribution in [0.15, 0.2) is 24.3 Å². The molecule has 5 nitrogen and oxygen atoms in total. The number of anilines is 1. The maximum absolute atomic E-state index is 11.6. The summed E-state index contributed by atoms with van der Waals surface area (Å²) in [5.41, 5.74) is 6.95. The topological polar surface area (TPSA) is 84.6 Å². The number of hydrogen-bond acceptors (Lipinski definition) is 4. The molecule has 106 valence electrons. The van der Waals surface area contributed by atoms with E-state index in [1.807, 2.05) is 6.92 Å². The molecule has 0 radical (unpaired) electrons. The summed E-state index contributed by atoms with van der Waals surface area (Å²) in [4.78, 5) is 11.6. The zero-order chi connectivity index (χ0) is 14.3. The first-order valence-corrected chi connectivity index (χ1v) is 6.32. The molecule has 5 heteroatoms. The maximum atomic E-state index is 11.6. The number of nitrogens with one attached hydrogen (secondary N) is 1. The van der Waals surface area contributed by atoms with Crippen LogP contribution in [-0.4, -0.2) is 31.3 Å². The summed E-state index contributed by atoms with van der Waals surface area (Å²) in [5.74, 6) is 0.0812. The van der Waals surface area contributed by atoms with Crippen LogP contribution in [0.1, 0.15) is 25.0 Å². The van der Waals surface area contributed by atoms with E-state index >= 15 is 0 Å². The van der Waals surface area contributed by atoms with Crippen molar-refractivity contribution in [2.75, 3.05) is 26.0 Å². The van der Waals surface area contributed by atoms with Crippen molar-refractivity contribution >= 4 is 11.6 Å². The minimum absolute atomic E-state index is 0.0842. The van der Waals surface area contributed by atoms with Gasteiger partial charge in [0.2, 0.25) is 5.91 Å². The van der Waals surface area contributed by atoms with Crippen LogP contribution in [0.5, 0.6) is 0 Å². The van der Waals surface area contributed by atoms with Crippen LogP contribution in [0.2, 0.25) is 0 Å². The first kappa shape index (κ1) is 15.5. The quantitative estimate of drug-likeness (QED) is 0.645. The highest BCUT2D eigenvalue weighted by Crippen LogP contribution is 2.14. The van der Waals surface area contributed by atoms with Crippen molar-refractivity contribution in [1.29, 1.82) is 0 Å². The Bertz CT molecular complexity index is 392. The van der Waals surface area contributed by atoms with Crippen molar-refractivity contribution in [1.82, 2.24) is 5.32 Å². The molecule has 0 saturated heterocycles. The Morgan fingerprint density at radius 1 is 1.42 bits per heavy atom. The number of carbonyl (C=O) groups is 1. The van der Waals surface area contributed by atoms with Crippen LogP contribution in [-0.2, 0) is 9.53 Å². The predicted molar refractivity (Wildman–Crippen MR) is 74.5 cm³/mol. The fraction of sp³-hybridized carbons (Fsp3) is 0.500. The zero-order valence-electron chi connectivity index (χ0n) is 11.4. The van der Waals surface area contributed by atoms with Gasteiger partial charge in [-0.1, -0.05) is 19.1 Å². The van der Waals surface area contributed by atoms with Crippen LogP contribution in [0.25, 0.3) is 0 Å². The van der Waals surface area contributed by atoms with Gasteiger partial charge in [-0.2, -0.15) is 0 Å². The lowest BCUT2D eigenvalue weighted by Crippen LogP contribution is -2.30. The molecule has 1 aromatic carbocycles. The van der Waals surface area contributed by atoms with E-state index in [2.05, 4.69) is 5.32 Å². The molecule has 2 unspecified atom stereocenters. The number of methoxy groups -OCH3 is 1. The first-order valence-electron chi connectivity index (χ1n) is 6.32. The summed E-state index contributed by atoms with van der Waals surface area (Å²) in [5, 5.41) is 12.6.